The Hall–Kier alpha value is -4.28. The van der Waals surface area contributed by atoms with Crippen molar-refractivity contribution in [1.29, 1.82) is 0 Å². The number of benzene rings is 2. The lowest BCUT2D eigenvalue weighted by molar-refractivity contribution is 0.313. The summed E-state index contributed by atoms with van der Waals surface area (Å²) in [6.45, 7) is 6.53. The van der Waals surface area contributed by atoms with E-state index < -0.39 is 0 Å². The van der Waals surface area contributed by atoms with Gasteiger partial charge in [0.25, 0.3) is 5.56 Å². The first-order chi connectivity index (χ1) is 19.0. The van der Waals surface area contributed by atoms with Gasteiger partial charge in [-0.3, -0.25) is 9.36 Å². The Labute approximate surface area is 230 Å². The summed E-state index contributed by atoms with van der Waals surface area (Å²) >= 11 is 6.63. The van der Waals surface area contributed by atoms with Gasteiger partial charge in [0.1, 0.15) is 12.0 Å². The number of hydrogen-bond donors (Lipinski definition) is 2. The van der Waals surface area contributed by atoms with Crippen LogP contribution in [0, 0.1) is 0 Å². The number of aryl methyl sites for hydroxylation is 1. The van der Waals surface area contributed by atoms with E-state index in [1.807, 2.05) is 31.2 Å². The molecule has 2 aromatic carbocycles. The zero-order chi connectivity index (χ0) is 26.9. The van der Waals surface area contributed by atoms with E-state index in [9.17, 15) is 4.79 Å². The quantitative estimate of drug-likeness (QED) is 0.325. The lowest BCUT2D eigenvalue weighted by Gasteiger charge is -2.34. The molecule has 6 rings (SSSR count). The van der Waals surface area contributed by atoms with E-state index in [0.29, 0.717) is 40.1 Å². The summed E-state index contributed by atoms with van der Waals surface area (Å²) in [5.74, 6) is 1.04. The van der Waals surface area contributed by atoms with E-state index >= 15 is 0 Å². The van der Waals surface area contributed by atoms with Crippen LogP contribution in [0.1, 0.15) is 6.92 Å². The molecule has 2 N–H and O–H groups in total. The van der Waals surface area contributed by atoms with Crippen LogP contribution in [0.3, 0.4) is 0 Å². The first-order valence-electron chi connectivity index (χ1n) is 12.9. The fraction of sp³-hybridized carbons (Fsp3) is 0.250. The second-order valence-corrected chi connectivity index (χ2v) is 9.98. The third-order valence-corrected chi connectivity index (χ3v) is 7.40. The SMILES string of the molecule is CCn1c(=O)c(-c2ccc(-c3nnc[nH]3)cc2Cl)cc2cnc(Nc3ccc(N4CCN(C)CC4)cc3)nc21. The third-order valence-electron chi connectivity index (χ3n) is 7.08. The highest BCUT2D eigenvalue weighted by molar-refractivity contribution is 6.33. The normalized spacial score (nSPS) is 14.2. The third kappa shape index (κ3) is 4.96. The number of aromatic amines is 1. The Morgan fingerprint density at radius 1 is 1.03 bits per heavy atom. The molecule has 198 valence electrons. The van der Waals surface area contributed by atoms with Crippen molar-refractivity contribution in [1.82, 2.24) is 34.6 Å². The molecule has 3 aromatic heterocycles. The van der Waals surface area contributed by atoms with Gasteiger partial charge in [0.15, 0.2) is 5.82 Å². The van der Waals surface area contributed by atoms with E-state index in [4.69, 9.17) is 16.6 Å². The maximum absolute atomic E-state index is 13.5. The summed E-state index contributed by atoms with van der Waals surface area (Å²) in [5.41, 5.74) is 4.39. The lowest BCUT2D eigenvalue weighted by Crippen LogP contribution is -2.44. The van der Waals surface area contributed by atoms with Crippen molar-refractivity contribution >= 4 is 40.0 Å². The molecule has 5 aromatic rings. The highest BCUT2D eigenvalue weighted by Gasteiger charge is 2.17. The zero-order valence-corrected chi connectivity index (χ0v) is 22.5. The highest BCUT2D eigenvalue weighted by Crippen LogP contribution is 2.31. The number of pyridine rings is 1. The average molecular weight is 542 g/mol. The number of H-pyrrole nitrogens is 1. The summed E-state index contributed by atoms with van der Waals surface area (Å²) in [5, 5.41) is 12.3. The molecule has 0 aliphatic carbocycles. The van der Waals surface area contributed by atoms with Crippen molar-refractivity contribution in [3.63, 3.8) is 0 Å². The number of likely N-dealkylation sites (N-methyl/N-ethyl adjacent to an activating group) is 1. The van der Waals surface area contributed by atoms with Gasteiger partial charge in [0.2, 0.25) is 5.95 Å². The van der Waals surface area contributed by atoms with Crippen LogP contribution in [0.5, 0.6) is 0 Å². The molecule has 0 saturated carbocycles. The second kappa shape index (κ2) is 10.5. The van der Waals surface area contributed by atoms with Gasteiger partial charge in [-0.25, -0.2) is 4.98 Å². The molecule has 1 fully saturated rings. The summed E-state index contributed by atoms with van der Waals surface area (Å²) in [6.07, 6.45) is 3.24. The Bertz CT molecular complexity index is 1670. The van der Waals surface area contributed by atoms with E-state index in [0.717, 1.165) is 42.8 Å². The van der Waals surface area contributed by atoms with Crippen LogP contribution in [0.25, 0.3) is 33.5 Å². The lowest BCUT2D eigenvalue weighted by atomic mass is 10.0. The molecule has 0 atom stereocenters. The van der Waals surface area contributed by atoms with Gasteiger partial charge >= 0.3 is 0 Å². The van der Waals surface area contributed by atoms with Crippen LogP contribution in [0.4, 0.5) is 17.3 Å². The largest absolute Gasteiger partial charge is 0.369 e. The van der Waals surface area contributed by atoms with E-state index in [-0.39, 0.29) is 5.56 Å². The van der Waals surface area contributed by atoms with Crippen LogP contribution >= 0.6 is 11.6 Å². The summed E-state index contributed by atoms with van der Waals surface area (Å²) in [6, 6.07) is 15.5. The van der Waals surface area contributed by atoms with E-state index in [1.54, 1.807) is 22.9 Å². The van der Waals surface area contributed by atoms with Gasteiger partial charge in [-0.1, -0.05) is 23.7 Å². The molecule has 10 nitrogen and oxygen atoms in total. The molecule has 4 heterocycles. The van der Waals surface area contributed by atoms with Crippen molar-refractivity contribution in [3.05, 3.63) is 76.4 Å². The average Bonchev–Trinajstić information content (AvgIpc) is 3.49. The smallest absolute Gasteiger partial charge is 0.260 e. The van der Waals surface area contributed by atoms with Crippen molar-refractivity contribution in [2.75, 3.05) is 43.4 Å². The minimum Gasteiger partial charge on any atom is -0.369 e. The first kappa shape index (κ1) is 25.0. The van der Waals surface area contributed by atoms with Crippen molar-refractivity contribution < 1.29 is 0 Å². The molecule has 0 unspecified atom stereocenters. The molecule has 0 radical (unpaired) electrons. The molecule has 1 aliphatic heterocycles. The predicted molar refractivity (Wildman–Crippen MR) is 155 cm³/mol. The standard InChI is InChI=1S/C28H28ClN9O/c1-3-38-26-19(14-23(27(38)39)22-9-4-18(15-24(22)29)25-31-17-32-35-25)16-30-28(34-26)33-20-5-7-21(8-6-20)37-12-10-36(2)11-13-37/h4-9,14-17H,3,10-13H2,1-2H3,(H,30,33,34)(H,31,32,35). The first-order valence-corrected chi connectivity index (χ1v) is 13.3. The number of nitrogens with one attached hydrogen (secondary N) is 2. The minimum absolute atomic E-state index is 0.166. The maximum Gasteiger partial charge on any atom is 0.260 e. The number of aromatic nitrogens is 6. The topological polar surface area (TPSA) is 108 Å². The molecule has 0 bridgehead atoms. The number of hydrogen-bond acceptors (Lipinski definition) is 8. The number of halogens is 1. The maximum atomic E-state index is 13.5. The van der Waals surface area contributed by atoms with Crippen LogP contribution in [0.15, 0.2) is 65.8 Å². The Kier molecular flexibility index (Phi) is 6.72. The van der Waals surface area contributed by atoms with Gasteiger partial charge in [0.05, 0.1) is 0 Å². The van der Waals surface area contributed by atoms with Gasteiger partial charge in [0, 0.05) is 77.4 Å². The molecule has 0 spiro atoms. The fourth-order valence-corrected chi connectivity index (χ4v) is 5.16. The molecular weight excluding hydrogens is 514 g/mol. The Morgan fingerprint density at radius 3 is 2.51 bits per heavy atom. The second-order valence-electron chi connectivity index (χ2n) is 9.57. The van der Waals surface area contributed by atoms with E-state index in [2.05, 4.69) is 54.5 Å². The van der Waals surface area contributed by atoms with Crippen molar-refractivity contribution in [2.24, 2.45) is 0 Å². The molecule has 1 aliphatic rings. The van der Waals surface area contributed by atoms with Crippen LogP contribution in [-0.4, -0.2) is 67.8 Å². The van der Waals surface area contributed by atoms with E-state index in [1.165, 1.54) is 12.0 Å². The van der Waals surface area contributed by atoms with Crippen LogP contribution in [-0.2, 0) is 6.54 Å². The zero-order valence-electron chi connectivity index (χ0n) is 21.7. The molecule has 0 amide bonds. The van der Waals surface area contributed by atoms with Gasteiger partial charge < -0.3 is 20.1 Å². The molecular formula is C28H28ClN9O. The van der Waals surface area contributed by atoms with Gasteiger partial charge in [-0.15, -0.1) is 10.2 Å². The van der Waals surface area contributed by atoms with Gasteiger partial charge in [-0.05, 0) is 50.4 Å². The van der Waals surface area contributed by atoms with Gasteiger partial charge in [-0.2, -0.15) is 4.98 Å². The van der Waals surface area contributed by atoms with Crippen LogP contribution in [0.2, 0.25) is 5.02 Å². The molecule has 11 heteroatoms. The number of rotatable bonds is 6. The number of anilines is 3. The number of fused-ring (bicyclic) bond motifs is 1. The number of nitrogens with zero attached hydrogens (tertiary/aromatic N) is 7. The molecule has 1 saturated heterocycles. The Morgan fingerprint density at radius 2 is 1.82 bits per heavy atom. The molecule has 39 heavy (non-hydrogen) atoms. The van der Waals surface area contributed by atoms with Crippen molar-refractivity contribution in [3.8, 4) is 22.5 Å². The predicted octanol–water partition coefficient (Wildman–Crippen LogP) is 4.41. The summed E-state index contributed by atoms with van der Waals surface area (Å²) in [4.78, 5) is 30.5. The summed E-state index contributed by atoms with van der Waals surface area (Å²) < 4.78 is 1.65. The fourth-order valence-electron chi connectivity index (χ4n) is 4.88. The summed E-state index contributed by atoms with van der Waals surface area (Å²) in [7, 11) is 2.15. The number of piperazine rings is 1. The van der Waals surface area contributed by atoms with Crippen LogP contribution < -0.4 is 15.8 Å². The van der Waals surface area contributed by atoms with Crippen molar-refractivity contribution in [2.45, 2.75) is 13.5 Å². The highest BCUT2D eigenvalue weighted by atomic mass is 35.5. The minimum atomic E-state index is -0.166. The monoisotopic (exact) mass is 541 g/mol. The Balaban J connectivity index is 1.29.